The third-order valence-corrected chi connectivity index (χ3v) is 5.39. The van der Waals surface area contributed by atoms with Crippen molar-refractivity contribution in [3.63, 3.8) is 0 Å². The standard InChI is InChI=1S/C18H18N2O6S/c21-10-4-2-1-3-5-13-6-8-14(9-7-13)16(22)19-15(17(23)20-25)18(24)11-27(26)12-18/h6-9,15,21,24-25H,4,10-12H2,(H,19,22)(H,20,23). The van der Waals surface area contributed by atoms with Crippen LogP contribution in [0, 0.1) is 23.7 Å². The van der Waals surface area contributed by atoms with Gasteiger partial charge in [-0.25, -0.2) is 5.48 Å². The Morgan fingerprint density at radius 3 is 2.48 bits per heavy atom. The minimum atomic E-state index is -1.67. The molecule has 2 rings (SSSR count). The van der Waals surface area contributed by atoms with E-state index in [0.717, 1.165) is 0 Å². The van der Waals surface area contributed by atoms with Crippen LogP contribution in [0.4, 0.5) is 0 Å². The lowest BCUT2D eigenvalue weighted by molar-refractivity contribution is -0.137. The predicted octanol–water partition coefficient (Wildman–Crippen LogP) is -1.48. The summed E-state index contributed by atoms with van der Waals surface area (Å²) < 4.78 is 11.3. The van der Waals surface area contributed by atoms with Crippen molar-refractivity contribution in [2.45, 2.75) is 18.1 Å². The minimum absolute atomic E-state index is 0.0289. The molecule has 0 spiro atoms. The van der Waals surface area contributed by atoms with E-state index >= 15 is 0 Å². The number of benzene rings is 1. The van der Waals surface area contributed by atoms with Crippen molar-refractivity contribution in [2.75, 3.05) is 18.1 Å². The molecule has 1 heterocycles. The summed E-state index contributed by atoms with van der Waals surface area (Å²) in [6.07, 6.45) is 0.344. The fraction of sp³-hybridized carbons (Fsp3) is 0.333. The summed E-state index contributed by atoms with van der Waals surface area (Å²) in [5.74, 6) is 8.66. The van der Waals surface area contributed by atoms with Crippen LogP contribution < -0.4 is 10.8 Å². The second kappa shape index (κ2) is 9.42. The maximum atomic E-state index is 12.3. The zero-order chi connectivity index (χ0) is 19.9. The summed E-state index contributed by atoms with van der Waals surface area (Å²) in [7, 11) is 0. The van der Waals surface area contributed by atoms with Gasteiger partial charge in [0.25, 0.3) is 11.8 Å². The molecular formula is C18H18N2O6S. The molecule has 27 heavy (non-hydrogen) atoms. The average Bonchev–Trinajstić information content (AvgIpc) is 2.64. The van der Waals surface area contributed by atoms with E-state index < -0.39 is 34.6 Å². The molecule has 1 fully saturated rings. The predicted molar refractivity (Wildman–Crippen MR) is 96.8 cm³/mol. The molecule has 1 aliphatic rings. The van der Waals surface area contributed by atoms with Crippen molar-refractivity contribution < 1.29 is 29.6 Å². The maximum absolute atomic E-state index is 12.3. The first-order valence-corrected chi connectivity index (χ1v) is 9.40. The number of hydrogen-bond donors (Lipinski definition) is 5. The fourth-order valence-electron chi connectivity index (χ4n) is 2.38. The third-order valence-electron chi connectivity index (χ3n) is 3.75. The van der Waals surface area contributed by atoms with Gasteiger partial charge in [0.2, 0.25) is 0 Å². The van der Waals surface area contributed by atoms with Gasteiger partial charge in [-0.05, 0) is 47.3 Å². The van der Waals surface area contributed by atoms with Crippen LogP contribution in [0.15, 0.2) is 24.3 Å². The maximum Gasteiger partial charge on any atom is 0.269 e. The number of carbonyl (C=O) groups excluding carboxylic acids is 2. The molecule has 9 heteroatoms. The molecular weight excluding hydrogens is 372 g/mol. The molecule has 0 aromatic heterocycles. The van der Waals surface area contributed by atoms with E-state index in [1.807, 2.05) is 0 Å². The number of hydroxylamine groups is 1. The summed E-state index contributed by atoms with van der Waals surface area (Å²) in [5, 5.41) is 30.1. The summed E-state index contributed by atoms with van der Waals surface area (Å²) in [6, 6.07) is 4.71. The van der Waals surface area contributed by atoms with Crippen LogP contribution in [-0.2, 0) is 16.0 Å². The number of aliphatic hydroxyl groups excluding tert-OH is 1. The number of rotatable bonds is 5. The van der Waals surface area contributed by atoms with Gasteiger partial charge in [0, 0.05) is 17.5 Å². The van der Waals surface area contributed by atoms with Crippen LogP contribution in [0.2, 0.25) is 0 Å². The highest BCUT2D eigenvalue weighted by atomic mass is 32.2. The van der Waals surface area contributed by atoms with E-state index in [-0.39, 0.29) is 23.7 Å². The van der Waals surface area contributed by atoms with Gasteiger partial charge >= 0.3 is 0 Å². The Hall–Kier alpha value is -2.53. The van der Waals surface area contributed by atoms with Crippen LogP contribution in [-0.4, -0.2) is 61.5 Å². The minimum Gasteiger partial charge on any atom is -0.616 e. The highest BCUT2D eigenvalue weighted by Crippen LogP contribution is 2.27. The highest BCUT2D eigenvalue weighted by Gasteiger charge is 2.56. The monoisotopic (exact) mass is 390 g/mol. The zero-order valence-electron chi connectivity index (χ0n) is 14.2. The smallest absolute Gasteiger partial charge is 0.269 e. The fourth-order valence-corrected chi connectivity index (χ4v) is 3.74. The van der Waals surface area contributed by atoms with E-state index in [9.17, 15) is 19.2 Å². The molecule has 0 aliphatic carbocycles. The van der Waals surface area contributed by atoms with E-state index in [0.29, 0.717) is 12.0 Å². The van der Waals surface area contributed by atoms with Gasteiger partial charge in [-0.2, -0.15) is 0 Å². The van der Waals surface area contributed by atoms with Crippen LogP contribution in [0.25, 0.3) is 0 Å². The molecule has 1 saturated heterocycles. The Bertz CT molecular complexity index is 812. The molecule has 142 valence electrons. The van der Waals surface area contributed by atoms with Gasteiger partial charge in [-0.15, -0.1) is 0 Å². The van der Waals surface area contributed by atoms with E-state index in [1.165, 1.54) is 17.6 Å². The molecule has 1 atom stereocenters. The van der Waals surface area contributed by atoms with Gasteiger partial charge < -0.3 is 20.1 Å². The Balaban J connectivity index is 2.06. The summed E-state index contributed by atoms with van der Waals surface area (Å²) in [6.45, 7) is -0.0289. The largest absolute Gasteiger partial charge is 0.616 e. The number of nitrogens with one attached hydrogen (secondary N) is 2. The Kier molecular flexibility index (Phi) is 7.25. The SMILES string of the molecule is O=C(NC(C(=O)NO)C1(O)C[S+]([O-])C1)c1ccc(C#CC#CCCO)cc1. The topological polar surface area (TPSA) is 142 Å². The molecule has 5 N–H and O–H groups in total. The third kappa shape index (κ3) is 5.47. The van der Waals surface area contributed by atoms with Gasteiger partial charge in [0.1, 0.15) is 17.5 Å². The lowest BCUT2D eigenvalue weighted by atomic mass is 9.96. The summed E-state index contributed by atoms with van der Waals surface area (Å²) in [5.41, 5.74) is 0.552. The Morgan fingerprint density at radius 2 is 1.93 bits per heavy atom. The Morgan fingerprint density at radius 1 is 1.26 bits per heavy atom. The molecule has 1 aliphatic heterocycles. The van der Waals surface area contributed by atoms with Gasteiger partial charge in [-0.1, -0.05) is 11.8 Å². The lowest BCUT2D eigenvalue weighted by Gasteiger charge is -2.41. The van der Waals surface area contributed by atoms with Crippen molar-refractivity contribution in [1.29, 1.82) is 0 Å². The van der Waals surface area contributed by atoms with Crippen molar-refractivity contribution in [3.8, 4) is 23.7 Å². The van der Waals surface area contributed by atoms with Crippen LogP contribution >= 0.6 is 0 Å². The summed E-state index contributed by atoms with van der Waals surface area (Å²) >= 11 is -1.27. The van der Waals surface area contributed by atoms with E-state index in [4.69, 9.17) is 10.3 Å². The normalized spacial score (nSPS) is 21.4. The number of carbonyl (C=O) groups is 2. The van der Waals surface area contributed by atoms with Crippen molar-refractivity contribution in [3.05, 3.63) is 35.4 Å². The van der Waals surface area contributed by atoms with Crippen LogP contribution in [0.1, 0.15) is 22.3 Å². The second-order valence-corrected chi connectivity index (χ2v) is 7.27. The van der Waals surface area contributed by atoms with Crippen molar-refractivity contribution >= 4 is 23.0 Å². The first-order chi connectivity index (χ1) is 12.9. The van der Waals surface area contributed by atoms with E-state index in [2.05, 4.69) is 29.0 Å². The molecule has 0 saturated carbocycles. The van der Waals surface area contributed by atoms with E-state index in [1.54, 1.807) is 12.1 Å². The Labute approximate surface area is 159 Å². The molecule has 8 nitrogen and oxygen atoms in total. The first-order valence-electron chi connectivity index (χ1n) is 7.91. The van der Waals surface area contributed by atoms with Gasteiger partial charge in [-0.3, -0.25) is 14.8 Å². The van der Waals surface area contributed by atoms with Gasteiger partial charge in [0.05, 0.1) is 6.61 Å². The van der Waals surface area contributed by atoms with Crippen molar-refractivity contribution in [2.24, 2.45) is 0 Å². The highest BCUT2D eigenvalue weighted by molar-refractivity contribution is 7.93. The zero-order valence-corrected chi connectivity index (χ0v) is 15.0. The number of aliphatic hydroxyl groups is 2. The lowest BCUT2D eigenvalue weighted by Crippen LogP contribution is -2.70. The molecule has 0 bridgehead atoms. The average molecular weight is 390 g/mol. The van der Waals surface area contributed by atoms with Crippen LogP contribution in [0.3, 0.4) is 0 Å². The summed E-state index contributed by atoms with van der Waals surface area (Å²) in [4.78, 5) is 24.1. The second-order valence-electron chi connectivity index (χ2n) is 5.82. The van der Waals surface area contributed by atoms with Gasteiger partial charge in [0.15, 0.2) is 5.60 Å². The molecule has 0 radical (unpaired) electrons. The first kappa shape index (κ1) is 20.8. The number of hydrogen-bond acceptors (Lipinski definition) is 6. The molecule has 1 aromatic rings. The van der Waals surface area contributed by atoms with Crippen molar-refractivity contribution in [1.82, 2.24) is 10.8 Å². The molecule has 2 amide bonds. The quantitative estimate of drug-likeness (QED) is 0.180. The van der Waals surface area contributed by atoms with Crippen LogP contribution in [0.5, 0.6) is 0 Å². The molecule has 1 aromatic carbocycles. The number of amides is 2. The molecule has 1 unspecified atom stereocenters.